The highest BCUT2D eigenvalue weighted by Crippen LogP contribution is 2.34. The second-order valence-corrected chi connectivity index (χ2v) is 7.87. The number of nitriles is 1. The number of hydrogen-bond acceptors (Lipinski definition) is 6. The van der Waals surface area contributed by atoms with Crippen molar-refractivity contribution in [3.05, 3.63) is 77.6 Å². The normalized spacial score (nSPS) is 17.9. The molecule has 4 rings (SSSR count). The van der Waals surface area contributed by atoms with Gasteiger partial charge in [-0.2, -0.15) is 10.4 Å². The number of anilines is 1. The lowest BCUT2D eigenvalue weighted by atomic mass is 10.0. The van der Waals surface area contributed by atoms with Crippen LogP contribution < -0.4 is 10.2 Å². The molecule has 0 aliphatic carbocycles. The van der Waals surface area contributed by atoms with Gasteiger partial charge in [-0.3, -0.25) is 4.79 Å². The van der Waals surface area contributed by atoms with Crippen LogP contribution in [0, 0.1) is 24.2 Å². The third kappa shape index (κ3) is 4.21. The van der Waals surface area contributed by atoms with Crippen molar-refractivity contribution < 1.29 is 14.3 Å². The number of esters is 1. The van der Waals surface area contributed by atoms with Gasteiger partial charge < -0.3 is 15.0 Å². The van der Waals surface area contributed by atoms with Crippen molar-refractivity contribution in [2.75, 3.05) is 11.5 Å². The van der Waals surface area contributed by atoms with Crippen LogP contribution in [0.25, 0.3) is 5.69 Å². The third-order valence-corrected chi connectivity index (χ3v) is 5.65. The number of aromatic nitrogens is 2. The molecule has 1 N–H and O–H groups in total. The minimum atomic E-state index is -1.13. The highest BCUT2D eigenvalue weighted by atomic mass is 32.1. The number of nitrogens with one attached hydrogen (secondary N) is 1. The van der Waals surface area contributed by atoms with Crippen molar-refractivity contribution in [1.29, 1.82) is 5.26 Å². The molecule has 0 bridgehead atoms. The summed E-state index contributed by atoms with van der Waals surface area (Å²) in [7, 11) is 0. The van der Waals surface area contributed by atoms with Crippen LogP contribution in [-0.4, -0.2) is 33.3 Å². The molecule has 2 atom stereocenters. The summed E-state index contributed by atoms with van der Waals surface area (Å²) in [4.78, 5) is 27.4. The highest BCUT2D eigenvalue weighted by Gasteiger charge is 2.42. The van der Waals surface area contributed by atoms with Gasteiger partial charge in [0.1, 0.15) is 11.2 Å². The molecular formula is C24H21N5O3S. The van der Waals surface area contributed by atoms with E-state index in [0.29, 0.717) is 11.3 Å². The molecule has 0 unspecified atom stereocenters. The molecule has 166 valence electrons. The van der Waals surface area contributed by atoms with E-state index < -0.39 is 24.0 Å². The first-order chi connectivity index (χ1) is 15.9. The number of para-hydroxylation sites is 1. The average molecular weight is 460 g/mol. The molecule has 0 spiro atoms. The molecule has 1 aromatic heterocycles. The Bertz CT molecular complexity index is 1260. The Morgan fingerprint density at radius 1 is 1.21 bits per heavy atom. The Hall–Kier alpha value is -4.03. The molecule has 3 aromatic rings. The molecule has 1 amide bonds. The summed E-state index contributed by atoms with van der Waals surface area (Å²) < 4.78 is 6.79. The summed E-state index contributed by atoms with van der Waals surface area (Å²) in [5.41, 5.74) is 2.86. The van der Waals surface area contributed by atoms with E-state index in [1.54, 1.807) is 22.7 Å². The Labute approximate surface area is 196 Å². The van der Waals surface area contributed by atoms with Crippen molar-refractivity contribution in [3.63, 3.8) is 0 Å². The summed E-state index contributed by atoms with van der Waals surface area (Å²) >= 11 is 5.59. The molecule has 2 heterocycles. The van der Waals surface area contributed by atoms with Gasteiger partial charge in [-0.15, -0.1) is 0 Å². The number of nitrogens with zero attached hydrogens (tertiary/aromatic N) is 4. The van der Waals surface area contributed by atoms with Gasteiger partial charge in [-0.25, -0.2) is 9.48 Å². The van der Waals surface area contributed by atoms with Crippen molar-refractivity contribution in [2.45, 2.75) is 20.0 Å². The molecule has 9 heteroatoms. The van der Waals surface area contributed by atoms with E-state index in [1.807, 2.05) is 67.6 Å². The summed E-state index contributed by atoms with van der Waals surface area (Å²) in [5, 5.41) is 16.9. The lowest BCUT2D eigenvalue weighted by Gasteiger charge is -2.39. The van der Waals surface area contributed by atoms with Crippen molar-refractivity contribution >= 4 is 34.8 Å². The van der Waals surface area contributed by atoms with Crippen LogP contribution in [0.3, 0.4) is 0 Å². The van der Waals surface area contributed by atoms with Gasteiger partial charge in [0.05, 0.1) is 18.4 Å². The number of aryl methyl sites for hydroxylation is 1. The first-order valence-corrected chi connectivity index (χ1v) is 10.8. The number of carbonyl (C=O) groups excluding carboxylic acids is 2. The number of thiocarbonyl (C=S) groups is 1. The van der Waals surface area contributed by atoms with Crippen LogP contribution in [0.15, 0.2) is 60.8 Å². The molecule has 33 heavy (non-hydrogen) atoms. The smallest absolute Gasteiger partial charge is 0.359 e. The molecule has 1 aliphatic rings. The predicted octanol–water partition coefficient (Wildman–Crippen LogP) is 3.46. The maximum atomic E-state index is 12.8. The largest absolute Gasteiger partial charge is 0.461 e. The van der Waals surface area contributed by atoms with Gasteiger partial charge in [-0.1, -0.05) is 42.5 Å². The van der Waals surface area contributed by atoms with Crippen LogP contribution in [0.5, 0.6) is 0 Å². The maximum Gasteiger partial charge on any atom is 0.359 e. The predicted molar refractivity (Wildman–Crippen MR) is 126 cm³/mol. The zero-order valence-corrected chi connectivity index (χ0v) is 18.9. The van der Waals surface area contributed by atoms with Crippen LogP contribution in [0.2, 0.25) is 0 Å². The van der Waals surface area contributed by atoms with Crippen molar-refractivity contribution in [1.82, 2.24) is 15.1 Å². The summed E-state index contributed by atoms with van der Waals surface area (Å²) in [6.45, 7) is 3.81. The Morgan fingerprint density at radius 2 is 1.94 bits per heavy atom. The summed E-state index contributed by atoms with van der Waals surface area (Å²) in [5.74, 6) is -2.28. The molecular weight excluding hydrogens is 438 g/mol. The van der Waals surface area contributed by atoms with Crippen molar-refractivity contribution in [2.24, 2.45) is 5.92 Å². The molecule has 1 saturated heterocycles. The van der Waals surface area contributed by atoms with E-state index in [0.717, 1.165) is 11.3 Å². The number of rotatable bonds is 5. The van der Waals surface area contributed by atoms with E-state index in [2.05, 4.69) is 10.4 Å². The van der Waals surface area contributed by atoms with Gasteiger partial charge in [0.15, 0.2) is 11.6 Å². The second-order valence-electron chi connectivity index (χ2n) is 7.45. The quantitative estimate of drug-likeness (QED) is 0.461. The standard InChI is InChI=1S/C24H21N5O3S/c1-3-32-24(31)20-19(14-28(27-20)16-9-5-4-6-10-16)21-26-22(30)18(13-25)23(33)29(21)17-11-7-8-15(2)12-17/h4-12,14,18,21H,3H2,1-2H3,(H,26,30)/t18-,21+/m0/s1. The molecule has 0 saturated carbocycles. The van der Waals surface area contributed by atoms with Crippen LogP contribution in [0.1, 0.15) is 34.7 Å². The molecule has 1 fully saturated rings. The Morgan fingerprint density at radius 3 is 2.61 bits per heavy atom. The lowest BCUT2D eigenvalue weighted by molar-refractivity contribution is -0.123. The highest BCUT2D eigenvalue weighted by molar-refractivity contribution is 7.80. The molecule has 0 radical (unpaired) electrons. The number of carbonyl (C=O) groups is 2. The van der Waals surface area contributed by atoms with E-state index >= 15 is 0 Å². The van der Waals surface area contributed by atoms with E-state index in [-0.39, 0.29) is 17.3 Å². The number of amides is 1. The first-order valence-electron chi connectivity index (χ1n) is 10.4. The van der Waals surface area contributed by atoms with Gasteiger partial charge in [0.25, 0.3) is 0 Å². The van der Waals surface area contributed by atoms with Gasteiger partial charge in [0.2, 0.25) is 5.91 Å². The fraction of sp³-hybridized carbons (Fsp3) is 0.208. The van der Waals surface area contributed by atoms with Gasteiger partial charge in [-0.05, 0) is 43.7 Å². The average Bonchev–Trinajstić information content (AvgIpc) is 3.25. The van der Waals surface area contributed by atoms with E-state index in [9.17, 15) is 14.9 Å². The summed E-state index contributed by atoms with van der Waals surface area (Å²) in [6, 6.07) is 18.8. The lowest BCUT2D eigenvalue weighted by Crippen LogP contribution is -2.56. The molecule has 2 aromatic carbocycles. The minimum Gasteiger partial charge on any atom is -0.461 e. The summed E-state index contributed by atoms with van der Waals surface area (Å²) in [6.07, 6.45) is 0.818. The monoisotopic (exact) mass is 459 g/mol. The van der Waals surface area contributed by atoms with Crippen molar-refractivity contribution in [3.8, 4) is 11.8 Å². The van der Waals surface area contributed by atoms with Crippen LogP contribution in [-0.2, 0) is 9.53 Å². The number of ether oxygens (including phenoxy) is 1. The van der Waals surface area contributed by atoms with E-state index in [1.165, 1.54) is 0 Å². The fourth-order valence-electron chi connectivity index (χ4n) is 3.70. The zero-order valence-electron chi connectivity index (χ0n) is 18.1. The third-order valence-electron chi connectivity index (χ3n) is 5.22. The topological polar surface area (TPSA) is 100 Å². The first kappa shape index (κ1) is 22.2. The van der Waals surface area contributed by atoms with Crippen LogP contribution >= 0.6 is 12.2 Å². The molecule has 1 aliphatic heterocycles. The SMILES string of the molecule is CCOC(=O)c1nn(-c2ccccc2)cc1[C@@H]1NC(=O)[C@H](C#N)C(=S)N1c1cccc(C)c1. The maximum absolute atomic E-state index is 12.8. The Kier molecular flexibility index (Phi) is 6.20. The molecule has 8 nitrogen and oxygen atoms in total. The van der Waals surface area contributed by atoms with Gasteiger partial charge in [0, 0.05) is 17.4 Å². The van der Waals surface area contributed by atoms with Gasteiger partial charge >= 0.3 is 5.97 Å². The zero-order chi connectivity index (χ0) is 23.5. The number of benzene rings is 2. The second kappa shape index (κ2) is 9.22. The Balaban J connectivity index is 1.89. The number of hydrogen-bond donors (Lipinski definition) is 1. The fourth-order valence-corrected chi connectivity index (χ4v) is 4.07. The van der Waals surface area contributed by atoms with Crippen LogP contribution in [0.4, 0.5) is 5.69 Å². The van der Waals surface area contributed by atoms with E-state index in [4.69, 9.17) is 17.0 Å². The minimum absolute atomic E-state index is 0.0573.